The first-order valence-corrected chi connectivity index (χ1v) is 6.03. The molecule has 0 saturated heterocycles. The number of hydrogen-bond acceptors (Lipinski definition) is 4. The van der Waals surface area contributed by atoms with Gasteiger partial charge in [-0.2, -0.15) is 5.10 Å². The van der Waals surface area contributed by atoms with Gasteiger partial charge < -0.3 is 4.74 Å². The van der Waals surface area contributed by atoms with Crippen molar-refractivity contribution < 1.29 is 9.53 Å². The summed E-state index contributed by atoms with van der Waals surface area (Å²) >= 11 is 16.9. The third-order valence-corrected chi connectivity index (χ3v) is 3.07. The fraction of sp³-hybridized carbons (Fsp3) is 0. The number of rotatable bonds is 1. The standard InChI is InChI=1S/C11H5Cl3N2O3/c12-6-1-3-7(4-2-6)19-11(18)16-10(17)9(14)8(13)5-15-16/h1-5H. The molecule has 1 aromatic carbocycles. The zero-order valence-corrected chi connectivity index (χ0v) is 11.4. The molecule has 2 aromatic rings. The summed E-state index contributed by atoms with van der Waals surface area (Å²) in [5, 5.41) is 3.69. The Morgan fingerprint density at radius 2 is 1.79 bits per heavy atom. The first-order chi connectivity index (χ1) is 8.99. The third kappa shape index (κ3) is 3.07. The van der Waals surface area contributed by atoms with Gasteiger partial charge in [0, 0.05) is 5.02 Å². The molecule has 0 saturated carbocycles. The van der Waals surface area contributed by atoms with E-state index in [1.165, 1.54) is 24.3 Å². The molecular formula is C11H5Cl3N2O3. The predicted octanol–water partition coefficient (Wildman–Crippen LogP) is 3.25. The Morgan fingerprint density at radius 1 is 1.16 bits per heavy atom. The van der Waals surface area contributed by atoms with Crippen LogP contribution < -0.4 is 10.3 Å². The maximum Gasteiger partial charge on any atom is 0.443 e. The average Bonchev–Trinajstić information content (AvgIpc) is 2.39. The molecule has 0 aliphatic carbocycles. The molecular weight excluding hydrogens is 314 g/mol. The zero-order valence-electron chi connectivity index (χ0n) is 9.14. The van der Waals surface area contributed by atoms with Gasteiger partial charge in [-0.25, -0.2) is 4.79 Å². The maximum atomic E-state index is 11.7. The first-order valence-electron chi connectivity index (χ1n) is 4.90. The summed E-state index contributed by atoms with van der Waals surface area (Å²) in [6, 6.07) is 6.02. The molecule has 0 radical (unpaired) electrons. The van der Waals surface area contributed by atoms with Crippen LogP contribution in [0.4, 0.5) is 4.79 Å². The molecule has 5 nitrogen and oxygen atoms in total. The Labute approximate surface area is 122 Å². The van der Waals surface area contributed by atoms with E-state index in [2.05, 4.69) is 5.10 Å². The van der Waals surface area contributed by atoms with Crippen molar-refractivity contribution in [2.45, 2.75) is 0 Å². The van der Waals surface area contributed by atoms with E-state index in [9.17, 15) is 9.59 Å². The zero-order chi connectivity index (χ0) is 14.0. The van der Waals surface area contributed by atoms with E-state index in [-0.39, 0.29) is 15.8 Å². The van der Waals surface area contributed by atoms with Gasteiger partial charge in [0.05, 0.1) is 11.2 Å². The molecule has 1 heterocycles. The molecule has 1 aromatic heterocycles. The second kappa shape index (κ2) is 5.61. The van der Waals surface area contributed by atoms with Crippen molar-refractivity contribution in [1.82, 2.24) is 9.78 Å². The Bertz CT molecular complexity index is 683. The van der Waals surface area contributed by atoms with Gasteiger partial charge in [-0.15, -0.1) is 4.68 Å². The molecule has 0 aliphatic heterocycles. The van der Waals surface area contributed by atoms with Crippen molar-refractivity contribution in [3.63, 3.8) is 0 Å². The van der Waals surface area contributed by atoms with Gasteiger partial charge >= 0.3 is 6.09 Å². The lowest BCUT2D eigenvalue weighted by atomic mass is 10.3. The van der Waals surface area contributed by atoms with Crippen LogP contribution in [0, 0.1) is 0 Å². The number of ether oxygens (including phenoxy) is 1. The molecule has 98 valence electrons. The molecule has 0 aliphatic rings. The summed E-state index contributed by atoms with van der Waals surface area (Å²) in [5.41, 5.74) is -0.854. The smallest absolute Gasteiger partial charge is 0.409 e. The highest BCUT2D eigenvalue weighted by Gasteiger charge is 2.15. The van der Waals surface area contributed by atoms with E-state index in [1.807, 2.05) is 0 Å². The van der Waals surface area contributed by atoms with Gasteiger partial charge in [0.1, 0.15) is 10.8 Å². The van der Waals surface area contributed by atoms with E-state index in [4.69, 9.17) is 39.5 Å². The lowest BCUT2D eigenvalue weighted by molar-refractivity contribution is 0.197. The highest BCUT2D eigenvalue weighted by atomic mass is 35.5. The number of carbonyl (C=O) groups excluding carboxylic acids is 1. The number of benzene rings is 1. The van der Waals surface area contributed by atoms with Gasteiger partial charge in [0.25, 0.3) is 5.56 Å². The molecule has 0 amide bonds. The van der Waals surface area contributed by atoms with Crippen LogP contribution in [0.3, 0.4) is 0 Å². The Hall–Kier alpha value is -1.56. The van der Waals surface area contributed by atoms with Crippen LogP contribution in [-0.4, -0.2) is 15.9 Å². The van der Waals surface area contributed by atoms with Gasteiger partial charge in [-0.1, -0.05) is 34.8 Å². The molecule has 8 heteroatoms. The quantitative estimate of drug-likeness (QED) is 0.809. The lowest BCUT2D eigenvalue weighted by Gasteiger charge is -2.05. The number of nitrogens with zero attached hydrogens (tertiary/aromatic N) is 2. The van der Waals surface area contributed by atoms with E-state index < -0.39 is 11.7 Å². The molecule has 0 bridgehead atoms. The minimum Gasteiger partial charge on any atom is -0.409 e. The summed E-state index contributed by atoms with van der Waals surface area (Å²) in [6.07, 6.45) is 0.0832. The minimum absolute atomic E-state index is 0.0396. The number of aromatic nitrogens is 2. The summed E-state index contributed by atoms with van der Waals surface area (Å²) < 4.78 is 5.41. The van der Waals surface area contributed by atoms with E-state index in [0.717, 1.165) is 6.20 Å². The fourth-order valence-electron chi connectivity index (χ4n) is 1.19. The molecule has 2 rings (SSSR count). The maximum absolute atomic E-state index is 11.7. The summed E-state index contributed by atoms with van der Waals surface area (Å²) in [7, 11) is 0. The molecule has 0 N–H and O–H groups in total. The Kier molecular flexibility index (Phi) is 4.09. The molecule has 19 heavy (non-hydrogen) atoms. The molecule has 0 fully saturated rings. The fourth-order valence-corrected chi connectivity index (χ4v) is 1.57. The Balaban J connectivity index is 2.28. The van der Waals surface area contributed by atoms with Gasteiger partial charge in [0.2, 0.25) is 0 Å². The van der Waals surface area contributed by atoms with Crippen LogP contribution in [0.1, 0.15) is 0 Å². The average molecular weight is 320 g/mol. The first kappa shape index (κ1) is 13.9. The predicted molar refractivity (Wildman–Crippen MR) is 71.4 cm³/mol. The highest BCUT2D eigenvalue weighted by Crippen LogP contribution is 2.17. The van der Waals surface area contributed by atoms with Crippen LogP contribution in [0.2, 0.25) is 15.1 Å². The third-order valence-electron chi connectivity index (χ3n) is 2.07. The van der Waals surface area contributed by atoms with Crippen molar-refractivity contribution in [2.24, 2.45) is 0 Å². The highest BCUT2D eigenvalue weighted by molar-refractivity contribution is 6.41. The summed E-state index contributed by atoms with van der Waals surface area (Å²) in [6.45, 7) is 0. The largest absolute Gasteiger partial charge is 0.443 e. The number of carbonyl (C=O) groups is 1. The normalized spacial score (nSPS) is 10.3. The van der Waals surface area contributed by atoms with Crippen LogP contribution in [0.5, 0.6) is 5.75 Å². The van der Waals surface area contributed by atoms with Crippen molar-refractivity contribution in [1.29, 1.82) is 0 Å². The second-order valence-corrected chi connectivity index (χ2v) is 4.57. The minimum atomic E-state index is -0.995. The number of halogens is 3. The van der Waals surface area contributed by atoms with Crippen molar-refractivity contribution in [3.05, 3.63) is 55.9 Å². The van der Waals surface area contributed by atoms with Crippen LogP contribution >= 0.6 is 34.8 Å². The lowest BCUT2D eigenvalue weighted by Crippen LogP contribution is -2.32. The van der Waals surface area contributed by atoms with Crippen LogP contribution in [0.15, 0.2) is 35.3 Å². The van der Waals surface area contributed by atoms with Crippen molar-refractivity contribution in [3.8, 4) is 5.75 Å². The van der Waals surface area contributed by atoms with Gasteiger partial charge in [-0.05, 0) is 24.3 Å². The monoisotopic (exact) mass is 318 g/mol. The summed E-state index contributed by atoms with van der Waals surface area (Å²) in [5.74, 6) is 0.217. The topological polar surface area (TPSA) is 61.2 Å². The molecule has 0 unspecified atom stereocenters. The SMILES string of the molecule is O=C(Oc1ccc(Cl)cc1)n1ncc(Cl)c(Cl)c1=O. The van der Waals surface area contributed by atoms with E-state index in [0.29, 0.717) is 9.70 Å². The van der Waals surface area contributed by atoms with E-state index in [1.54, 1.807) is 0 Å². The molecule has 0 atom stereocenters. The Morgan fingerprint density at radius 3 is 2.42 bits per heavy atom. The number of hydrogen-bond donors (Lipinski definition) is 0. The van der Waals surface area contributed by atoms with Gasteiger partial charge in [0.15, 0.2) is 0 Å². The van der Waals surface area contributed by atoms with Gasteiger partial charge in [-0.3, -0.25) is 4.79 Å². The summed E-state index contributed by atoms with van der Waals surface area (Å²) in [4.78, 5) is 23.4. The van der Waals surface area contributed by atoms with Crippen molar-refractivity contribution >= 4 is 40.9 Å². The molecule has 0 spiro atoms. The van der Waals surface area contributed by atoms with Crippen molar-refractivity contribution in [2.75, 3.05) is 0 Å². The van der Waals surface area contributed by atoms with Crippen LogP contribution in [0.25, 0.3) is 0 Å². The van der Waals surface area contributed by atoms with E-state index >= 15 is 0 Å². The second-order valence-electron chi connectivity index (χ2n) is 3.35. The van der Waals surface area contributed by atoms with Crippen LogP contribution in [-0.2, 0) is 0 Å².